The predicted octanol–water partition coefficient (Wildman–Crippen LogP) is 0.173. The summed E-state index contributed by atoms with van der Waals surface area (Å²) in [6, 6.07) is 1.58. The van der Waals surface area contributed by atoms with E-state index in [1.807, 2.05) is 0 Å². The Bertz CT molecular complexity index is 526. The molecule has 0 saturated carbocycles. The largest absolute Gasteiger partial charge is 1.00 e. The zero-order chi connectivity index (χ0) is 18.5. The topological polar surface area (TPSA) is 53.4 Å². The van der Waals surface area contributed by atoms with Gasteiger partial charge >= 0.3 is 11.9 Å². The number of nitrogens with one attached hydrogen (secondary N) is 2. The summed E-state index contributed by atoms with van der Waals surface area (Å²) < 4.78 is 7.54. The maximum atomic E-state index is 12.3. The zero-order valence-corrected chi connectivity index (χ0v) is 18.1. The predicted molar refractivity (Wildman–Crippen MR) is 104 cm³/mol. The molecule has 5 atom stereocenters. The van der Waals surface area contributed by atoms with Crippen molar-refractivity contribution >= 4 is 11.9 Å². The van der Waals surface area contributed by atoms with E-state index < -0.39 is 0 Å². The van der Waals surface area contributed by atoms with Gasteiger partial charge in [-0.15, -0.1) is 0 Å². The summed E-state index contributed by atoms with van der Waals surface area (Å²) in [6.45, 7) is 4.39. The van der Waals surface area contributed by atoms with Gasteiger partial charge < -0.3 is 17.1 Å². The highest BCUT2D eigenvalue weighted by atomic mass is 35.5. The number of carbonyl (C=O) groups is 1. The fourth-order valence-electron chi connectivity index (χ4n) is 5.29. The van der Waals surface area contributed by atoms with Gasteiger partial charge in [-0.1, -0.05) is 51.9 Å². The smallest absolute Gasteiger partial charge is 0.346 e. The number of ether oxygens (including phenoxy) is 1. The third-order valence-electron chi connectivity index (χ3n) is 6.65. The fraction of sp³-hybridized carbons (Fsp3) is 0.905. The third kappa shape index (κ3) is 5.10. The van der Waals surface area contributed by atoms with Gasteiger partial charge in [0.1, 0.15) is 5.92 Å². The molecule has 0 aliphatic carbocycles. The van der Waals surface area contributed by atoms with Crippen LogP contribution in [-0.2, 0) is 9.53 Å². The first-order valence-electron chi connectivity index (χ1n) is 10.9. The number of nitrogens with zero attached hydrogens (tertiary/aromatic N) is 1. The number of carbonyl (C=O) groups excluding carboxylic acids is 1. The average Bonchev–Trinajstić information content (AvgIpc) is 3.05. The standard InChI is InChI=1S/C21H37N3O2.ClH/c1-4-5-6-7-8-9-10-11-16-14-17-12-13-18-19(20(25)26-3)15(2)22-21(23-16)24(17)18;/h15-19H,4-14H2,1-3H3,(H,22,23);1H/t15-,16-,17+,18-,19+;/m1./s1. The van der Waals surface area contributed by atoms with Crippen LogP contribution < -0.4 is 23.0 Å². The molecule has 1 fully saturated rings. The van der Waals surface area contributed by atoms with Crippen molar-refractivity contribution < 1.29 is 26.5 Å². The second-order valence-corrected chi connectivity index (χ2v) is 8.52. The first-order valence-corrected chi connectivity index (χ1v) is 10.9. The van der Waals surface area contributed by atoms with Gasteiger partial charge in [0.2, 0.25) is 0 Å². The summed E-state index contributed by atoms with van der Waals surface area (Å²) in [5.74, 6) is 1.04. The molecule has 0 aromatic carbocycles. The molecule has 1 saturated heterocycles. The molecule has 0 aromatic rings. The molecular weight excluding hydrogens is 362 g/mol. The van der Waals surface area contributed by atoms with E-state index >= 15 is 0 Å². The van der Waals surface area contributed by atoms with Crippen molar-refractivity contribution in [2.75, 3.05) is 7.11 Å². The molecule has 0 aromatic heterocycles. The van der Waals surface area contributed by atoms with E-state index in [1.54, 1.807) is 0 Å². The first-order chi connectivity index (χ1) is 12.7. The number of methoxy groups -OCH3 is 1. The van der Waals surface area contributed by atoms with Gasteiger partial charge in [-0.05, 0) is 26.2 Å². The highest BCUT2D eigenvalue weighted by Gasteiger charge is 2.52. The Kier molecular flexibility index (Phi) is 8.71. The van der Waals surface area contributed by atoms with Crippen molar-refractivity contribution in [1.29, 1.82) is 0 Å². The van der Waals surface area contributed by atoms with Crippen LogP contribution in [0, 0.1) is 5.92 Å². The Morgan fingerprint density at radius 1 is 1.11 bits per heavy atom. The van der Waals surface area contributed by atoms with E-state index in [-0.39, 0.29) is 30.3 Å². The molecule has 3 aliphatic heterocycles. The van der Waals surface area contributed by atoms with Gasteiger partial charge in [-0.2, -0.15) is 0 Å². The van der Waals surface area contributed by atoms with Crippen LogP contribution in [-0.4, -0.2) is 47.8 Å². The Balaban J connectivity index is 0.00000261. The van der Waals surface area contributed by atoms with Crippen LogP contribution in [0.4, 0.5) is 0 Å². The number of rotatable bonds is 9. The van der Waals surface area contributed by atoms with E-state index in [4.69, 9.17) is 4.74 Å². The number of guanidine groups is 1. The zero-order valence-electron chi connectivity index (χ0n) is 17.3. The van der Waals surface area contributed by atoms with Crippen LogP contribution in [0.1, 0.15) is 84.5 Å². The van der Waals surface area contributed by atoms with Gasteiger partial charge in [0.25, 0.3) is 0 Å². The summed E-state index contributed by atoms with van der Waals surface area (Å²) in [7, 11) is 1.51. The maximum absolute atomic E-state index is 12.3. The minimum atomic E-state index is -0.0695. The van der Waals surface area contributed by atoms with Gasteiger partial charge in [0.05, 0.1) is 31.3 Å². The van der Waals surface area contributed by atoms with Gasteiger partial charge in [0, 0.05) is 6.42 Å². The number of halogens is 1. The highest BCUT2D eigenvalue weighted by molar-refractivity contribution is 5.80. The lowest BCUT2D eigenvalue weighted by Crippen LogP contribution is -3.00. The molecule has 2 N–H and O–H groups in total. The average molecular weight is 400 g/mol. The molecule has 0 radical (unpaired) electrons. The lowest BCUT2D eigenvalue weighted by atomic mass is 9.90. The molecule has 3 heterocycles. The third-order valence-corrected chi connectivity index (χ3v) is 6.65. The van der Waals surface area contributed by atoms with E-state index in [2.05, 4.69) is 29.1 Å². The molecule has 0 bridgehead atoms. The second-order valence-electron chi connectivity index (χ2n) is 8.52. The summed E-state index contributed by atoms with van der Waals surface area (Å²) in [6.07, 6.45) is 14.4. The summed E-state index contributed by atoms with van der Waals surface area (Å²) in [5.41, 5.74) is 0. The first kappa shape index (κ1) is 22.3. The molecule has 3 aliphatic rings. The summed E-state index contributed by atoms with van der Waals surface area (Å²) >= 11 is 0. The van der Waals surface area contributed by atoms with Crippen molar-refractivity contribution in [3.63, 3.8) is 0 Å². The van der Waals surface area contributed by atoms with E-state index in [0.29, 0.717) is 18.1 Å². The highest BCUT2D eigenvalue weighted by Crippen LogP contribution is 2.34. The number of hydrogen-bond donors (Lipinski definition) is 2. The summed E-state index contributed by atoms with van der Waals surface area (Å²) in [5, 5.41) is 7.32. The monoisotopic (exact) mass is 399 g/mol. The molecule has 5 nitrogen and oxygen atoms in total. The number of unbranched alkanes of at least 4 members (excludes halogenated alkanes) is 6. The van der Waals surface area contributed by atoms with Gasteiger partial charge in [-0.25, -0.2) is 0 Å². The molecule has 3 rings (SSSR count). The van der Waals surface area contributed by atoms with Crippen LogP contribution in [0.25, 0.3) is 0 Å². The Hall–Kier alpha value is -0.970. The molecule has 0 spiro atoms. The minimum absolute atomic E-state index is 0. The van der Waals surface area contributed by atoms with E-state index in [1.165, 1.54) is 77.3 Å². The SMILES string of the molecule is CCCCCCCCC[C@@H]1C[C@@H]2CC[C@@H]3[C@@H](C(=O)OC)[C@@H](C)NC(=[N+]23)N1.[Cl-]. The van der Waals surface area contributed by atoms with Crippen LogP contribution in [0.2, 0.25) is 0 Å². The number of hydrogen-bond acceptors (Lipinski definition) is 4. The maximum Gasteiger partial charge on any atom is 0.346 e. The van der Waals surface area contributed by atoms with Crippen molar-refractivity contribution in [3.05, 3.63) is 0 Å². The molecule has 0 unspecified atom stereocenters. The Morgan fingerprint density at radius 3 is 2.52 bits per heavy atom. The van der Waals surface area contributed by atoms with Crippen molar-refractivity contribution in [3.8, 4) is 0 Å². The molecule has 156 valence electrons. The minimum Gasteiger partial charge on any atom is -1.00 e. The van der Waals surface area contributed by atoms with Crippen LogP contribution in [0.15, 0.2) is 0 Å². The normalized spacial score (nSPS) is 31.4. The van der Waals surface area contributed by atoms with E-state index in [0.717, 1.165) is 6.42 Å². The van der Waals surface area contributed by atoms with Gasteiger partial charge in [0.15, 0.2) is 0 Å². The van der Waals surface area contributed by atoms with E-state index in [9.17, 15) is 4.79 Å². The van der Waals surface area contributed by atoms with Crippen molar-refractivity contribution in [1.82, 2.24) is 10.6 Å². The Labute approximate surface area is 171 Å². The quantitative estimate of drug-likeness (QED) is 0.330. The Morgan fingerprint density at radius 2 is 1.81 bits per heavy atom. The lowest BCUT2D eigenvalue weighted by molar-refractivity contribution is -0.598. The van der Waals surface area contributed by atoms with Crippen LogP contribution >= 0.6 is 0 Å². The number of esters is 1. The van der Waals surface area contributed by atoms with Gasteiger partial charge in [-0.3, -0.25) is 20.0 Å². The van der Waals surface area contributed by atoms with Crippen LogP contribution in [0.5, 0.6) is 0 Å². The fourth-order valence-corrected chi connectivity index (χ4v) is 5.29. The molecule has 0 amide bonds. The van der Waals surface area contributed by atoms with Crippen molar-refractivity contribution in [2.24, 2.45) is 5.92 Å². The van der Waals surface area contributed by atoms with Crippen LogP contribution in [0.3, 0.4) is 0 Å². The van der Waals surface area contributed by atoms with Crippen molar-refractivity contribution in [2.45, 2.75) is 109 Å². The molecule has 6 heteroatoms. The molecule has 27 heavy (non-hydrogen) atoms. The molecular formula is C21H38ClN3O2. The second kappa shape index (κ2) is 10.5. The lowest BCUT2D eigenvalue weighted by Gasteiger charge is -2.38. The summed E-state index contributed by atoms with van der Waals surface area (Å²) in [4.78, 5) is 12.3.